The average Bonchev–Trinajstić information content (AvgIpc) is 2.86. The fourth-order valence-electron chi connectivity index (χ4n) is 2.00. The first-order valence-electron chi connectivity index (χ1n) is 6.09. The van der Waals surface area contributed by atoms with Crippen molar-refractivity contribution in [3.63, 3.8) is 0 Å². The largest absolute Gasteiger partial charge is 1.00 e. The van der Waals surface area contributed by atoms with E-state index in [2.05, 4.69) is 20.3 Å². The Balaban J connectivity index is 0.00000288. The van der Waals surface area contributed by atoms with Gasteiger partial charge in [-0.3, -0.25) is 9.59 Å². The molecule has 0 aromatic carbocycles. The van der Waals surface area contributed by atoms with Gasteiger partial charge in [0.25, 0.3) is 11.8 Å². The van der Waals surface area contributed by atoms with E-state index in [-0.39, 0.29) is 72.2 Å². The van der Waals surface area contributed by atoms with Gasteiger partial charge in [-0.25, -0.2) is 17.7 Å². The van der Waals surface area contributed by atoms with E-state index in [0.717, 1.165) is 11.3 Å². The fraction of sp³-hybridized carbons (Fsp3) is 0.400. The smallest absolute Gasteiger partial charge is 0.731 e. The Kier molecular flexibility index (Phi) is 7.30. The van der Waals surface area contributed by atoms with Crippen molar-refractivity contribution in [2.45, 2.75) is 19.0 Å². The van der Waals surface area contributed by atoms with E-state index in [1.165, 1.54) is 19.4 Å². The van der Waals surface area contributed by atoms with Gasteiger partial charge in [0, 0.05) is 5.38 Å². The van der Waals surface area contributed by atoms with E-state index in [1.54, 1.807) is 0 Å². The number of nitrogens with one attached hydrogen (secondary N) is 1. The first-order chi connectivity index (χ1) is 10.7. The van der Waals surface area contributed by atoms with Crippen LogP contribution in [-0.4, -0.2) is 59.0 Å². The number of β-lactam (4-membered cyclic amide) rings is 1. The number of amides is 2. The molecular formula is C10H12KN5O6S2. The molecule has 1 aromatic rings. The summed E-state index contributed by atoms with van der Waals surface area (Å²) in [5, 5.41) is 7.48. The summed E-state index contributed by atoms with van der Waals surface area (Å²) in [7, 11) is -3.70. The quantitative estimate of drug-likeness (QED) is 0.163. The molecule has 126 valence electrons. The van der Waals surface area contributed by atoms with Gasteiger partial charge in [0.05, 0.1) is 6.04 Å². The summed E-state index contributed by atoms with van der Waals surface area (Å²) in [6.07, 6.45) is 0. The van der Waals surface area contributed by atoms with E-state index in [4.69, 9.17) is 5.73 Å². The third kappa shape index (κ3) is 4.31. The number of oxime groups is 1. The Labute approximate surface area is 183 Å². The van der Waals surface area contributed by atoms with Crippen LogP contribution in [0.15, 0.2) is 10.5 Å². The molecule has 14 heteroatoms. The maximum atomic E-state index is 12.2. The van der Waals surface area contributed by atoms with Crippen molar-refractivity contribution in [2.24, 2.45) is 5.16 Å². The van der Waals surface area contributed by atoms with Gasteiger partial charge in [-0.05, 0) is 6.92 Å². The molecule has 1 saturated heterocycles. The predicted octanol–water partition coefficient (Wildman–Crippen LogP) is -4.74. The van der Waals surface area contributed by atoms with Gasteiger partial charge in [-0.15, -0.1) is 11.3 Å². The second-order valence-electron chi connectivity index (χ2n) is 4.48. The molecule has 2 amide bonds. The normalized spacial score (nSPS) is 20.9. The maximum Gasteiger partial charge on any atom is 1.00 e. The Morgan fingerprint density at radius 1 is 1.58 bits per heavy atom. The minimum Gasteiger partial charge on any atom is -0.731 e. The van der Waals surface area contributed by atoms with Gasteiger partial charge in [0.15, 0.2) is 21.1 Å². The number of hydrogen-bond donors (Lipinski definition) is 2. The van der Waals surface area contributed by atoms with E-state index < -0.39 is 34.2 Å². The molecule has 0 saturated carbocycles. The second kappa shape index (κ2) is 8.18. The van der Waals surface area contributed by atoms with Crippen LogP contribution in [0.5, 0.6) is 0 Å². The van der Waals surface area contributed by atoms with Crippen LogP contribution < -0.4 is 62.4 Å². The number of carbonyl (C=O) groups excluding carboxylic acids is 2. The predicted molar refractivity (Wildman–Crippen MR) is 78.0 cm³/mol. The molecule has 2 heterocycles. The summed E-state index contributed by atoms with van der Waals surface area (Å²) in [4.78, 5) is 32.3. The molecule has 24 heavy (non-hydrogen) atoms. The summed E-state index contributed by atoms with van der Waals surface area (Å²) in [6, 6.07) is -2.16. The molecule has 11 nitrogen and oxygen atoms in total. The molecule has 3 N–H and O–H groups in total. The Morgan fingerprint density at radius 3 is 2.62 bits per heavy atom. The van der Waals surface area contributed by atoms with Gasteiger partial charge in [-0.1, -0.05) is 5.16 Å². The van der Waals surface area contributed by atoms with Crippen LogP contribution in [0.3, 0.4) is 0 Å². The van der Waals surface area contributed by atoms with Crippen molar-refractivity contribution in [2.75, 3.05) is 12.8 Å². The van der Waals surface area contributed by atoms with Gasteiger partial charge >= 0.3 is 51.4 Å². The van der Waals surface area contributed by atoms with Crippen LogP contribution in [-0.2, 0) is 24.7 Å². The standard InChI is InChI=1S/C10H13N5O6S2.K/c1-4-6(9(17)15(4)23(18,19)20)13-8(16)7(14-21-2)5-3-22-10(11)12-5;/h3-4,6H,1-2H3,(H2,11,12)(H,13,16)(H,18,19,20);/q;+1/p-1/b14-7+;/t4-,6+;/m1./s1. The van der Waals surface area contributed by atoms with Crippen LogP contribution in [0.4, 0.5) is 5.13 Å². The molecule has 0 bridgehead atoms. The Morgan fingerprint density at radius 2 is 2.21 bits per heavy atom. The maximum absolute atomic E-state index is 12.2. The number of nitrogen functional groups attached to an aromatic ring is 1. The average molecular weight is 401 g/mol. The number of nitrogens with zero attached hydrogens (tertiary/aromatic N) is 3. The number of hydrogen-bond acceptors (Lipinski definition) is 10. The first kappa shape index (κ1) is 21.4. The molecule has 0 spiro atoms. The molecule has 1 fully saturated rings. The molecule has 2 rings (SSSR count). The zero-order valence-electron chi connectivity index (χ0n) is 12.9. The molecule has 0 radical (unpaired) electrons. The zero-order valence-corrected chi connectivity index (χ0v) is 17.7. The minimum absolute atomic E-state index is 0. The number of anilines is 1. The van der Waals surface area contributed by atoms with Crippen molar-refractivity contribution >= 4 is 44.3 Å². The van der Waals surface area contributed by atoms with E-state index in [0.29, 0.717) is 0 Å². The molecule has 0 aliphatic carbocycles. The summed E-state index contributed by atoms with van der Waals surface area (Å²) < 4.78 is 32.8. The van der Waals surface area contributed by atoms with Crippen molar-refractivity contribution in [3.8, 4) is 0 Å². The van der Waals surface area contributed by atoms with Gasteiger partial charge in [-0.2, -0.15) is 0 Å². The third-order valence-corrected chi connectivity index (χ3v) is 4.69. The van der Waals surface area contributed by atoms with Crippen LogP contribution in [0.1, 0.15) is 12.6 Å². The van der Waals surface area contributed by atoms with E-state index in [9.17, 15) is 22.6 Å². The number of nitrogens with two attached hydrogens (primary N) is 1. The number of rotatable bonds is 5. The second-order valence-corrected chi connectivity index (χ2v) is 6.62. The van der Waals surface area contributed by atoms with E-state index in [1.807, 2.05) is 0 Å². The van der Waals surface area contributed by atoms with Crippen molar-refractivity contribution in [1.82, 2.24) is 14.6 Å². The van der Waals surface area contributed by atoms with Gasteiger partial charge < -0.3 is 20.4 Å². The molecule has 1 aliphatic heterocycles. The summed E-state index contributed by atoms with van der Waals surface area (Å²) >= 11 is 1.07. The van der Waals surface area contributed by atoms with E-state index >= 15 is 0 Å². The van der Waals surface area contributed by atoms with Crippen molar-refractivity contribution in [3.05, 3.63) is 11.1 Å². The minimum atomic E-state index is -4.91. The van der Waals surface area contributed by atoms with Crippen LogP contribution in [0.2, 0.25) is 0 Å². The third-order valence-electron chi connectivity index (χ3n) is 3.03. The summed E-state index contributed by atoms with van der Waals surface area (Å²) in [5.74, 6) is -1.83. The monoisotopic (exact) mass is 401 g/mol. The Hall–Kier alpha value is -0.614. The first-order valence-corrected chi connectivity index (χ1v) is 8.33. The molecule has 1 aromatic heterocycles. The molecule has 0 unspecified atom stereocenters. The SMILES string of the molecule is CO/N=C(/C(=O)N[C@@H]1C(=O)N(S(=O)(=O)[O-])[C@@H]1C)c1csc(N)n1.[K+]. The Bertz CT molecular complexity index is 778. The fourth-order valence-corrected chi connectivity index (χ4v) is 3.41. The summed E-state index contributed by atoms with van der Waals surface area (Å²) in [5.41, 5.74) is 5.39. The number of carbonyl (C=O) groups is 2. The summed E-state index contributed by atoms with van der Waals surface area (Å²) in [6.45, 7) is 1.32. The number of aromatic nitrogens is 1. The molecular weight excluding hydrogens is 389 g/mol. The molecule has 2 atom stereocenters. The van der Waals surface area contributed by atoms with Crippen LogP contribution in [0, 0.1) is 0 Å². The van der Waals surface area contributed by atoms with Crippen LogP contribution >= 0.6 is 11.3 Å². The number of thiazole rings is 1. The van der Waals surface area contributed by atoms with Gasteiger partial charge in [0.1, 0.15) is 18.8 Å². The van der Waals surface area contributed by atoms with Crippen LogP contribution in [0.25, 0.3) is 0 Å². The van der Waals surface area contributed by atoms with Crippen molar-refractivity contribution < 1.29 is 78.8 Å². The van der Waals surface area contributed by atoms with Crippen molar-refractivity contribution in [1.29, 1.82) is 0 Å². The zero-order chi connectivity index (χ0) is 17.4. The topological polar surface area (TPSA) is 167 Å². The van der Waals surface area contributed by atoms with Gasteiger partial charge in [0.2, 0.25) is 0 Å². The molecule has 1 aliphatic rings.